The molecule has 19 heavy (non-hydrogen) atoms. The minimum absolute atomic E-state index is 0.0333. The van der Waals surface area contributed by atoms with Crippen molar-refractivity contribution in [3.8, 4) is 5.75 Å². The molecule has 0 spiro atoms. The highest BCUT2D eigenvalue weighted by Crippen LogP contribution is 2.28. The molecule has 0 saturated carbocycles. The fourth-order valence-electron chi connectivity index (χ4n) is 2.31. The highest BCUT2D eigenvalue weighted by Gasteiger charge is 2.24. The quantitative estimate of drug-likeness (QED) is 0.876. The Balaban J connectivity index is 1.86. The number of nitrogens with zero attached hydrogens (tertiary/aromatic N) is 1. The Labute approximate surface area is 120 Å². The van der Waals surface area contributed by atoms with Crippen molar-refractivity contribution < 1.29 is 9.90 Å². The second-order valence-corrected chi connectivity index (χ2v) is 5.85. The van der Waals surface area contributed by atoms with Crippen molar-refractivity contribution in [3.63, 3.8) is 0 Å². The Hall–Kier alpha value is -1.52. The van der Waals surface area contributed by atoms with Gasteiger partial charge in [0.1, 0.15) is 10.6 Å². The van der Waals surface area contributed by atoms with Crippen LogP contribution < -0.4 is 0 Å². The van der Waals surface area contributed by atoms with Crippen molar-refractivity contribution >= 4 is 28.8 Å². The number of rotatable bonds is 1. The second kappa shape index (κ2) is 4.87. The van der Waals surface area contributed by atoms with Gasteiger partial charge < -0.3 is 10.0 Å². The molecule has 0 fully saturated rings. The number of fused-ring (bicyclic) bond motifs is 1. The first-order valence-electron chi connectivity index (χ1n) is 5.98. The molecule has 1 amide bonds. The Morgan fingerprint density at radius 3 is 2.89 bits per heavy atom. The first-order valence-corrected chi connectivity index (χ1v) is 7.24. The summed E-state index contributed by atoms with van der Waals surface area (Å²) in [6.45, 7) is 1.21. The number of hydrogen-bond donors (Lipinski definition) is 1. The maximum atomic E-state index is 12.4. The highest BCUT2D eigenvalue weighted by molar-refractivity contribution is 7.12. The van der Waals surface area contributed by atoms with Crippen molar-refractivity contribution in [1.82, 2.24) is 4.90 Å². The van der Waals surface area contributed by atoms with Gasteiger partial charge in [0.2, 0.25) is 0 Å². The smallest absolute Gasteiger partial charge is 0.265 e. The zero-order chi connectivity index (χ0) is 13.4. The van der Waals surface area contributed by atoms with Gasteiger partial charge in [0.25, 0.3) is 5.91 Å². The predicted octanol–water partition coefficient (Wildman–Crippen LogP) is 3.31. The van der Waals surface area contributed by atoms with Gasteiger partial charge in [-0.05, 0) is 41.1 Å². The zero-order valence-corrected chi connectivity index (χ0v) is 11.7. The van der Waals surface area contributed by atoms with Gasteiger partial charge in [-0.15, -0.1) is 11.3 Å². The van der Waals surface area contributed by atoms with E-state index in [0.717, 1.165) is 12.0 Å². The van der Waals surface area contributed by atoms with Crippen molar-refractivity contribution in [2.75, 3.05) is 6.54 Å². The van der Waals surface area contributed by atoms with Gasteiger partial charge in [0.15, 0.2) is 0 Å². The number of aromatic hydroxyl groups is 1. The molecule has 1 N–H and O–H groups in total. The van der Waals surface area contributed by atoms with Gasteiger partial charge >= 0.3 is 0 Å². The lowest BCUT2D eigenvalue weighted by Crippen LogP contribution is -2.35. The minimum atomic E-state index is -0.0333. The number of benzene rings is 1. The summed E-state index contributed by atoms with van der Waals surface area (Å²) in [4.78, 5) is 14.7. The first kappa shape index (κ1) is 12.5. The van der Waals surface area contributed by atoms with Crippen molar-refractivity contribution in [2.45, 2.75) is 13.0 Å². The largest absolute Gasteiger partial charge is 0.508 e. The van der Waals surface area contributed by atoms with Crippen LogP contribution in [0.5, 0.6) is 5.75 Å². The SMILES string of the molecule is O=C(c1sccc1Cl)N1CCc2ccc(O)cc2C1. The third-order valence-corrected chi connectivity index (χ3v) is 4.63. The average molecular weight is 294 g/mol. The van der Waals surface area contributed by atoms with Gasteiger partial charge in [0, 0.05) is 13.1 Å². The van der Waals surface area contributed by atoms with E-state index in [2.05, 4.69) is 0 Å². The van der Waals surface area contributed by atoms with Gasteiger partial charge in [-0.3, -0.25) is 4.79 Å². The highest BCUT2D eigenvalue weighted by atomic mass is 35.5. The van der Waals surface area contributed by atoms with E-state index in [4.69, 9.17) is 11.6 Å². The molecule has 1 aliphatic rings. The van der Waals surface area contributed by atoms with Crippen LogP contribution in [-0.4, -0.2) is 22.5 Å². The molecule has 1 aromatic heterocycles. The number of phenols is 1. The van der Waals surface area contributed by atoms with Crippen LogP contribution in [0.3, 0.4) is 0 Å². The first-order chi connectivity index (χ1) is 9.15. The Morgan fingerprint density at radius 2 is 2.16 bits per heavy atom. The van der Waals surface area contributed by atoms with Crippen LogP contribution in [0.15, 0.2) is 29.6 Å². The molecule has 0 aliphatic carbocycles. The molecule has 5 heteroatoms. The molecule has 1 aliphatic heterocycles. The van der Waals surface area contributed by atoms with Gasteiger partial charge in [-0.25, -0.2) is 0 Å². The topological polar surface area (TPSA) is 40.5 Å². The molecule has 2 aromatic rings. The summed E-state index contributed by atoms with van der Waals surface area (Å²) < 4.78 is 0. The van der Waals surface area contributed by atoms with E-state index in [1.807, 2.05) is 11.4 Å². The molecule has 0 atom stereocenters. The fraction of sp³-hybridized carbons (Fsp3) is 0.214. The molecule has 0 unspecified atom stereocenters. The van der Waals surface area contributed by atoms with Crippen molar-refractivity contribution in [2.24, 2.45) is 0 Å². The Morgan fingerprint density at radius 1 is 1.32 bits per heavy atom. The van der Waals surface area contributed by atoms with Gasteiger partial charge in [-0.1, -0.05) is 17.7 Å². The van der Waals surface area contributed by atoms with Crippen molar-refractivity contribution in [3.05, 3.63) is 50.7 Å². The van der Waals surface area contributed by atoms with Crippen LogP contribution in [0.1, 0.15) is 20.8 Å². The van der Waals surface area contributed by atoms with Crippen molar-refractivity contribution in [1.29, 1.82) is 0 Å². The van der Waals surface area contributed by atoms with Crippen LogP contribution >= 0.6 is 22.9 Å². The van der Waals surface area contributed by atoms with Crippen LogP contribution in [0.4, 0.5) is 0 Å². The third kappa shape index (κ3) is 2.33. The summed E-state index contributed by atoms with van der Waals surface area (Å²) >= 11 is 7.37. The number of hydrogen-bond acceptors (Lipinski definition) is 3. The molecule has 98 valence electrons. The number of phenolic OH excluding ortho intramolecular Hbond substituents is 1. The molecule has 3 rings (SSSR count). The maximum absolute atomic E-state index is 12.4. The van der Waals surface area contributed by atoms with Crippen LogP contribution in [0.25, 0.3) is 0 Å². The average Bonchev–Trinajstić information content (AvgIpc) is 2.83. The van der Waals surface area contributed by atoms with Crippen LogP contribution in [0, 0.1) is 0 Å². The summed E-state index contributed by atoms with van der Waals surface area (Å²) in [5.41, 5.74) is 2.20. The van der Waals surface area contributed by atoms with E-state index >= 15 is 0 Å². The summed E-state index contributed by atoms with van der Waals surface area (Å²) in [7, 11) is 0. The van der Waals surface area contributed by atoms with E-state index < -0.39 is 0 Å². The standard InChI is InChI=1S/C14H12ClNO2S/c15-12-4-6-19-13(12)14(18)16-5-3-9-1-2-11(17)7-10(9)8-16/h1-2,4,6-7,17H,3,5,8H2. The molecular formula is C14H12ClNO2S. The second-order valence-electron chi connectivity index (χ2n) is 4.53. The molecular weight excluding hydrogens is 282 g/mol. The maximum Gasteiger partial charge on any atom is 0.265 e. The summed E-state index contributed by atoms with van der Waals surface area (Å²) in [5, 5.41) is 11.8. The molecule has 3 nitrogen and oxygen atoms in total. The summed E-state index contributed by atoms with van der Waals surface area (Å²) in [6, 6.07) is 7.07. The predicted molar refractivity (Wildman–Crippen MR) is 75.9 cm³/mol. The lowest BCUT2D eigenvalue weighted by molar-refractivity contribution is 0.0739. The molecule has 0 radical (unpaired) electrons. The Kier molecular flexibility index (Phi) is 3.21. The third-order valence-electron chi connectivity index (χ3n) is 3.30. The molecule has 0 bridgehead atoms. The number of carbonyl (C=O) groups is 1. The number of carbonyl (C=O) groups excluding carboxylic acids is 1. The van der Waals surface area contributed by atoms with E-state index in [-0.39, 0.29) is 11.7 Å². The van der Waals surface area contributed by atoms with Gasteiger partial charge in [0.05, 0.1) is 5.02 Å². The number of halogens is 1. The molecule has 1 aromatic carbocycles. The van der Waals surface area contributed by atoms with E-state index in [1.165, 1.54) is 16.9 Å². The van der Waals surface area contributed by atoms with E-state index in [9.17, 15) is 9.90 Å². The molecule has 0 saturated heterocycles. The van der Waals surface area contributed by atoms with E-state index in [0.29, 0.717) is 23.0 Å². The number of amides is 1. The monoisotopic (exact) mass is 293 g/mol. The van der Waals surface area contributed by atoms with Crippen LogP contribution in [0.2, 0.25) is 5.02 Å². The molecule has 2 heterocycles. The normalized spacial score (nSPS) is 14.3. The summed E-state index contributed by atoms with van der Waals surface area (Å²) in [6.07, 6.45) is 0.810. The lowest BCUT2D eigenvalue weighted by Gasteiger charge is -2.28. The number of thiophene rings is 1. The van der Waals surface area contributed by atoms with Crippen LogP contribution in [-0.2, 0) is 13.0 Å². The van der Waals surface area contributed by atoms with Gasteiger partial charge in [-0.2, -0.15) is 0 Å². The van der Waals surface area contributed by atoms with E-state index in [1.54, 1.807) is 23.1 Å². The lowest BCUT2D eigenvalue weighted by atomic mass is 9.99. The zero-order valence-electron chi connectivity index (χ0n) is 10.1. The Bertz CT molecular complexity index is 638. The summed E-state index contributed by atoms with van der Waals surface area (Å²) in [5.74, 6) is 0.205. The fourth-order valence-corrected chi connectivity index (χ4v) is 3.41. The minimum Gasteiger partial charge on any atom is -0.508 e.